The first-order chi connectivity index (χ1) is 13.2. The highest BCUT2D eigenvalue weighted by Crippen LogP contribution is 2.24. The second-order valence-corrected chi connectivity index (χ2v) is 6.40. The van der Waals surface area contributed by atoms with Crippen LogP contribution in [0.15, 0.2) is 48.8 Å². The van der Waals surface area contributed by atoms with Crippen LogP contribution < -0.4 is 15.8 Å². The van der Waals surface area contributed by atoms with E-state index in [9.17, 15) is 4.79 Å². The Labute approximate surface area is 157 Å². The molecule has 1 aromatic carbocycles. The number of benzene rings is 1. The van der Waals surface area contributed by atoms with Gasteiger partial charge in [-0.15, -0.1) is 0 Å². The van der Waals surface area contributed by atoms with Crippen LogP contribution in [0.25, 0.3) is 11.5 Å². The standard InChI is InChI=1S/C20H21N5O2/c21-13-14-6-7-17-15(12-14)20(26)24-18-5-3-4-16(23-18)19-22-8-10-25(19)9-1-2-11-27-17/h3-8,10,12H,1-2,9,11,13,21H2,(H,23,24,26). The number of nitrogens with two attached hydrogens (primary N) is 1. The number of hydrogen-bond donors (Lipinski definition) is 2. The topological polar surface area (TPSA) is 95.1 Å². The lowest BCUT2D eigenvalue weighted by Crippen LogP contribution is -2.16. The number of nitrogens with one attached hydrogen (secondary N) is 1. The van der Waals surface area contributed by atoms with Crippen LogP contribution in [0.5, 0.6) is 5.75 Å². The predicted molar refractivity (Wildman–Crippen MR) is 102 cm³/mol. The third-order valence-electron chi connectivity index (χ3n) is 4.51. The van der Waals surface area contributed by atoms with Crippen molar-refractivity contribution in [2.75, 3.05) is 11.9 Å². The van der Waals surface area contributed by atoms with Crippen molar-refractivity contribution in [3.05, 3.63) is 59.9 Å². The summed E-state index contributed by atoms with van der Waals surface area (Å²) in [5.41, 5.74) is 7.79. The van der Waals surface area contributed by atoms with Crippen molar-refractivity contribution in [1.82, 2.24) is 14.5 Å². The molecule has 1 aliphatic heterocycles. The largest absolute Gasteiger partial charge is 0.493 e. The van der Waals surface area contributed by atoms with Gasteiger partial charge < -0.3 is 20.4 Å². The molecule has 3 heterocycles. The molecule has 138 valence electrons. The Morgan fingerprint density at radius 3 is 3.04 bits per heavy atom. The minimum absolute atomic E-state index is 0.273. The van der Waals surface area contributed by atoms with Gasteiger partial charge in [-0.05, 0) is 42.7 Å². The predicted octanol–water partition coefficient (Wildman–Crippen LogP) is 2.83. The van der Waals surface area contributed by atoms with Crippen LogP contribution in [0.3, 0.4) is 0 Å². The molecule has 4 rings (SSSR count). The number of anilines is 1. The lowest BCUT2D eigenvalue weighted by atomic mass is 10.1. The maximum atomic E-state index is 12.9. The van der Waals surface area contributed by atoms with E-state index in [0.29, 0.717) is 30.3 Å². The van der Waals surface area contributed by atoms with Crippen LogP contribution >= 0.6 is 0 Å². The molecule has 0 saturated carbocycles. The van der Waals surface area contributed by atoms with Crippen molar-refractivity contribution in [2.24, 2.45) is 5.73 Å². The molecular formula is C20H21N5O2. The van der Waals surface area contributed by atoms with Crippen LogP contribution in [-0.2, 0) is 13.1 Å². The molecule has 3 aromatic rings. The molecule has 0 radical (unpaired) electrons. The first-order valence-corrected chi connectivity index (χ1v) is 9.00. The number of imidazole rings is 1. The van der Waals surface area contributed by atoms with Crippen molar-refractivity contribution < 1.29 is 9.53 Å². The zero-order valence-electron chi connectivity index (χ0n) is 14.9. The highest BCUT2D eigenvalue weighted by molar-refractivity contribution is 6.06. The Hall–Kier alpha value is -3.19. The van der Waals surface area contributed by atoms with Crippen molar-refractivity contribution >= 4 is 11.7 Å². The number of nitrogens with zero attached hydrogens (tertiary/aromatic N) is 3. The number of aryl methyl sites for hydroxylation is 1. The quantitative estimate of drug-likeness (QED) is 0.693. The van der Waals surface area contributed by atoms with Crippen LogP contribution in [0.4, 0.5) is 5.82 Å². The van der Waals surface area contributed by atoms with Gasteiger partial charge in [-0.2, -0.15) is 0 Å². The van der Waals surface area contributed by atoms with Crippen LogP contribution in [0.1, 0.15) is 28.8 Å². The highest BCUT2D eigenvalue weighted by Gasteiger charge is 2.16. The SMILES string of the molecule is NCc1ccc2c(c1)C(=O)Nc1cccc(n1)-c1nccn1CCCCO2. The summed E-state index contributed by atoms with van der Waals surface area (Å²) in [6.45, 7) is 1.72. The van der Waals surface area contributed by atoms with Gasteiger partial charge in [0.05, 0.1) is 12.2 Å². The summed E-state index contributed by atoms with van der Waals surface area (Å²) in [6.07, 6.45) is 5.51. The number of fused-ring (bicyclic) bond motifs is 5. The molecule has 1 aliphatic rings. The van der Waals surface area contributed by atoms with Crippen molar-refractivity contribution in [2.45, 2.75) is 25.9 Å². The molecule has 0 fully saturated rings. The summed E-state index contributed by atoms with van der Waals surface area (Å²) in [5.74, 6) is 1.54. The molecule has 0 spiro atoms. The van der Waals surface area contributed by atoms with E-state index in [-0.39, 0.29) is 5.91 Å². The van der Waals surface area contributed by atoms with Crippen molar-refractivity contribution in [1.29, 1.82) is 0 Å². The van der Waals surface area contributed by atoms with E-state index in [1.165, 1.54) is 0 Å². The first-order valence-electron chi connectivity index (χ1n) is 9.00. The molecule has 7 nitrogen and oxygen atoms in total. The zero-order chi connectivity index (χ0) is 18.6. The third-order valence-corrected chi connectivity index (χ3v) is 4.51. The third kappa shape index (κ3) is 3.68. The average molecular weight is 363 g/mol. The molecular weight excluding hydrogens is 342 g/mol. The molecule has 0 atom stereocenters. The lowest BCUT2D eigenvalue weighted by Gasteiger charge is -2.15. The van der Waals surface area contributed by atoms with Crippen LogP contribution in [-0.4, -0.2) is 27.0 Å². The van der Waals surface area contributed by atoms with Crippen molar-refractivity contribution in [3.8, 4) is 17.3 Å². The number of hydrogen-bond acceptors (Lipinski definition) is 5. The second kappa shape index (κ2) is 7.59. The van der Waals surface area contributed by atoms with Gasteiger partial charge in [0.1, 0.15) is 17.3 Å². The number of ether oxygens (including phenoxy) is 1. The van der Waals surface area contributed by atoms with Crippen molar-refractivity contribution in [3.63, 3.8) is 0 Å². The number of rotatable bonds is 1. The Bertz CT molecular complexity index is 967. The molecule has 7 heteroatoms. The molecule has 27 heavy (non-hydrogen) atoms. The van der Waals surface area contributed by atoms with Gasteiger partial charge in [-0.3, -0.25) is 4.79 Å². The van der Waals surface area contributed by atoms with Gasteiger partial charge >= 0.3 is 0 Å². The van der Waals surface area contributed by atoms with E-state index >= 15 is 0 Å². The number of pyridine rings is 1. The van der Waals surface area contributed by atoms with E-state index in [0.717, 1.165) is 36.5 Å². The minimum atomic E-state index is -0.273. The number of amides is 1. The van der Waals surface area contributed by atoms with E-state index in [1.807, 2.05) is 24.4 Å². The lowest BCUT2D eigenvalue weighted by molar-refractivity contribution is 0.102. The first kappa shape index (κ1) is 17.2. The maximum absolute atomic E-state index is 12.9. The summed E-state index contributed by atoms with van der Waals surface area (Å²) in [7, 11) is 0. The summed E-state index contributed by atoms with van der Waals surface area (Å²) < 4.78 is 7.95. The maximum Gasteiger partial charge on any atom is 0.260 e. The Kier molecular flexibility index (Phi) is 4.84. The highest BCUT2D eigenvalue weighted by atomic mass is 16.5. The monoisotopic (exact) mass is 363 g/mol. The Morgan fingerprint density at radius 2 is 2.15 bits per heavy atom. The fourth-order valence-electron chi connectivity index (χ4n) is 3.11. The number of carbonyl (C=O) groups excluding carboxylic acids is 1. The van der Waals surface area contributed by atoms with E-state index < -0.39 is 0 Å². The summed E-state index contributed by atoms with van der Waals surface area (Å²) in [6, 6.07) is 11.0. The summed E-state index contributed by atoms with van der Waals surface area (Å²) in [5, 5.41) is 2.86. The second-order valence-electron chi connectivity index (χ2n) is 6.40. The summed E-state index contributed by atoms with van der Waals surface area (Å²) >= 11 is 0. The van der Waals surface area contributed by atoms with E-state index in [1.54, 1.807) is 24.4 Å². The summed E-state index contributed by atoms with van der Waals surface area (Å²) in [4.78, 5) is 21.8. The van der Waals surface area contributed by atoms with Gasteiger partial charge in [0.2, 0.25) is 0 Å². The molecule has 0 saturated heterocycles. The molecule has 2 aromatic heterocycles. The fourth-order valence-corrected chi connectivity index (χ4v) is 3.11. The molecule has 3 N–H and O–H groups in total. The van der Waals surface area contributed by atoms with E-state index in [2.05, 4.69) is 19.9 Å². The van der Waals surface area contributed by atoms with E-state index in [4.69, 9.17) is 10.5 Å². The minimum Gasteiger partial charge on any atom is -0.493 e. The average Bonchev–Trinajstić information content (AvgIpc) is 3.16. The van der Waals surface area contributed by atoms with Gasteiger partial charge in [0, 0.05) is 25.5 Å². The van der Waals surface area contributed by atoms with Crippen LogP contribution in [0.2, 0.25) is 0 Å². The van der Waals surface area contributed by atoms with Crippen LogP contribution in [0, 0.1) is 0 Å². The number of aromatic nitrogens is 3. The van der Waals surface area contributed by atoms with Gasteiger partial charge in [-0.1, -0.05) is 12.1 Å². The van der Waals surface area contributed by atoms with Gasteiger partial charge in [-0.25, -0.2) is 9.97 Å². The molecule has 2 bridgehead atoms. The smallest absolute Gasteiger partial charge is 0.260 e. The molecule has 0 unspecified atom stereocenters. The number of carbonyl (C=O) groups is 1. The Balaban J connectivity index is 1.74. The fraction of sp³-hybridized carbons (Fsp3) is 0.250. The molecule has 1 amide bonds. The normalized spacial score (nSPS) is 14.3. The Morgan fingerprint density at radius 1 is 1.22 bits per heavy atom. The van der Waals surface area contributed by atoms with Gasteiger partial charge in [0.25, 0.3) is 5.91 Å². The van der Waals surface area contributed by atoms with Gasteiger partial charge in [0.15, 0.2) is 5.82 Å². The molecule has 0 aliphatic carbocycles. The zero-order valence-corrected chi connectivity index (χ0v) is 14.9.